The molecule has 6 nitrogen and oxygen atoms in total. The van der Waals surface area contributed by atoms with E-state index in [2.05, 4.69) is 17.2 Å². The fourth-order valence-corrected chi connectivity index (χ4v) is 1.54. The molecule has 21 heavy (non-hydrogen) atoms. The van der Waals surface area contributed by atoms with Crippen LogP contribution < -0.4 is 5.32 Å². The standard InChI is InChI=1S/C15H10N2O4/c18-14-8-7-12(17(20)21)10-13(14)16-15(19)9-6-11-4-2-1-3-5-11/h1-5,7-8,10,18H,(H,16,19). The Hall–Kier alpha value is -3.33. The number of nitrogens with zero attached hydrogens (tertiary/aromatic N) is 1. The Balaban J connectivity index is 2.15. The summed E-state index contributed by atoms with van der Waals surface area (Å²) in [6.07, 6.45) is 0. The van der Waals surface area contributed by atoms with Gasteiger partial charge in [-0.15, -0.1) is 0 Å². The maximum absolute atomic E-state index is 11.7. The molecular formula is C15H10N2O4. The lowest BCUT2D eigenvalue weighted by molar-refractivity contribution is -0.384. The molecule has 2 aromatic carbocycles. The van der Waals surface area contributed by atoms with Gasteiger partial charge in [-0.05, 0) is 18.2 Å². The summed E-state index contributed by atoms with van der Waals surface area (Å²) in [5, 5.41) is 22.5. The number of amides is 1. The lowest BCUT2D eigenvalue weighted by Crippen LogP contribution is -2.09. The first-order valence-electron chi connectivity index (χ1n) is 5.92. The maximum Gasteiger partial charge on any atom is 0.300 e. The van der Waals surface area contributed by atoms with Crippen molar-refractivity contribution in [3.63, 3.8) is 0 Å². The lowest BCUT2D eigenvalue weighted by Gasteiger charge is -2.03. The van der Waals surface area contributed by atoms with Crippen LogP contribution in [0, 0.1) is 22.0 Å². The molecule has 2 N–H and O–H groups in total. The second-order valence-electron chi connectivity index (χ2n) is 4.03. The van der Waals surface area contributed by atoms with E-state index in [1.807, 2.05) is 6.07 Å². The van der Waals surface area contributed by atoms with E-state index < -0.39 is 10.8 Å². The summed E-state index contributed by atoms with van der Waals surface area (Å²) in [5.74, 6) is 4.05. The van der Waals surface area contributed by atoms with Crippen molar-refractivity contribution < 1.29 is 14.8 Å². The number of benzene rings is 2. The third kappa shape index (κ3) is 3.81. The molecule has 0 aliphatic carbocycles. The first-order chi connectivity index (χ1) is 10.1. The summed E-state index contributed by atoms with van der Waals surface area (Å²) in [6, 6.07) is 12.2. The highest BCUT2D eigenvalue weighted by Gasteiger charge is 2.11. The number of rotatable bonds is 2. The van der Waals surface area contributed by atoms with E-state index in [1.54, 1.807) is 24.3 Å². The summed E-state index contributed by atoms with van der Waals surface area (Å²) in [4.78, 5) is 21.7. The Bertz CT molecular complexity index is 745. The zero-order valence-corrected chi connectivity index (χ0v) is 10.7. The number of anilines is 1. The molecule has 0 aliphatic heterocycles. The summed E-state index contributed by atoms with van der Waals surface area (Å²) in [6.45, 7) is 0. The molecule has 0 fully saturated rings. The molecule has 2 aromatic rings. The first kappa shape index (κ1) is 14.1. The number of hydrogen-bond acceptors (Lipinski definition) is 4. The SMILES string of the molecule is O=C(C#Cc1ccccc1)Nc1cc([N+](=O)[O-])ccc1O. The van der Waals surface area contributed by atoms with Crippen molar-refractivity contribution in [2.24, 2.45) is 0 Å². The molecule has 1 amide bonds. The first-order valence-corrected chi connectivity index (χ1v) is 5.92. The van der Waals surface area contributed by atoms with Crippen LogP contribution in [-0.4, -0.2) is 15.9 Å². The fourth-order valence-electron chi connectivity index (χ4n) is 1.54. The van der Waals surface area contributed by atoms with Crippen LogP contribution in [0.2, 0.25) is 0 Å². The van der Waals surface area contributed by atoms with E-state index >= 15 is 0 Å². The monoisotopic (exact) mass is 282 g/mol. The van der Waals surface area contributed by atoms with Gasteiger partial charge < -0.3 is 10.4 Å². The molecular weight excluding hydrogens is 272 g/mol. The highest BCUT2D eigenvalue weighted by Crippen LogP contribution is 2.27. The van der Waals surface area contributed by atoms with Gasteiger partial charge in [-0.3, -0.25) is 14.9 Å². The fraction of sp³-hybridized carbons (Fsp3) is 0. The predicted molar refractivity (Wildman–Crippen MR) is 76.7 cm³/mol. The van der Waals surface area contributed by atoms with Crippen molar-refractivity contribution >= 4 is 17.3 Å². The Morgan fingerprint density at radius 1 is 1.19 bits per heavy atom. The van der Waals surface area contributed by atoms with Crippen LogP contribution in [0.1, 0.15) is 5.56 Å². The van der Waals surface area contributed by atoms with Crippen LogP contribution in [0.25, 0.3) is 0 Å². The zero-order chi connectivity index (χ0) is 15.2. The number of phenolic OH excluding ortho intramolecular Hbond substituents is 1. The van der Waals surface area contributed by atoms with Crippen molar-refractivity contribution in [3.8, 4) is 17.6 Å². The van der Waals surface area contributed by atoms with Crippen LogP contribution in [0.5, 0.6) is 5.75 Å². The van der Waals surface area contributed by atoms with Gasteiger partial charge in [0.05, 0.1) is 10.6 Å². The Morgan fingerprint density at radius 3 is 2.57 bits per heavy atom. The molecule has 0 aliphatic rings. The van der Waals surface area contributed by atoms with Crippen LogP contribution in [0.3, 0.4) is 0 Å². The van der Waals surface area contributed by atoms with Crippen LogP contribution >= 0.6 is 0 Å². The number of nitrogens with one attached hydrogen (secondary N) is 1. The van der Waals surface area contributed by atoms with Crippen LogP contribution in [0.4, 0.5) is 11.4 Å². The highest BCUT2D eigenvalue weighted by molar-refractivity contribution is 6.05. The third-order valence-electron chi connectivity index (χ3n) is 2.53. The quantitative estimate of drug-likeness (QED) is 0.382. The van der Waals surface area contributed by atoms with Gasteiger partial charge in [0.2, 0.25) is 0 Å². The number of phenols is 1. The van der Waals surface area contributed by atoms with Crippen molar-refractivity contribution in [3.05, 3.63) is 64.2 Å². The van der Waals surface area contributed by atoms with Gasteiger partial charge in [0, 0.05) is 23.6 Å². The summed E-state index contributed by atoms with van der Waals surface area (Å²) in [5.41, 5.74) is 0.367. The Labute approximate surface area is 120 Å². The van der Waals surface area contributed by atoms with Crippen LogP contribution in [0.15, 0.2) is 48.5 Å². The molecule has 0 radical (unpaired) electrons. The van der Waals surface area contributed by atoms with Gasteiger partial charge in [-0.25, -0.2) is 0 Å². The zero-order valence-electron chi connectivity index (χ0n) is 10.7. The number of carbonyl (C=O) groups excluding carboxylic acids is 1. The molecule has 6 heteroatoms. The van der Waals surface area contributed by atoms with Gasteiger partial charge in [0.25, 0.3) is 5.69 Å². The smallest absolute Gasteiger partial charge is 0.300 e. The molecule has 0 atom stereocenters. The van der Waals surface area contributed by atoms with E-state index in [0.717, 1.165) is 18.2 Å². The number of nitro benzene ring substituents is 1. The minimum atomic E-state index is -0.672. The largest absolute Gasteiger partial charge is 0.506 e. The Morgan fingerprint density at radius 2 is 1.90 bits per heavy atom. The molecule has 104 valence electrons. The van der Waals surface area contributed by atoms with E-state index in [9.17, 15) is 20.0 Å². The maximum atomic E-state index is 11.7. The molecule has 0 heterocycles. The number of aromatic hydroxyl groups is 1. The van der Waals surface area contributed by atoms with E-state index in [0.29, 0.717) is 5.56 Å². The molecule has 0 saturated heterocycles. The van der Waals surface area contributed by atoms with Gasteiger partial charge in [-0.1, -0.05) is 24.1 Å². The minimum absolute atomic E-state index is 0.0587. The average Bonchev–Trinajstić information content (AvgIpc) is 2.48. The summed E-state index contributed by atoms with van der Waals surface area (Å²) >= 11 is 0. The topological polar surface area (TPSA) is 92.5 Å². The van der Waals surface area contributed by atoms with Crippen molar-refractivity contribution in [1.29, 1.82) is 0 Å². The lowest BCUT2D eigenvalue weighted by atomic mass is 10.2. The molecule has 0 saturated carbocycles. The summed E-state index contributed by atoms with van der Waals surface area (Å²) < 4.78 is 0. The van der Waals surface area contributed by atoms with E-state index in [4.69, 9.17) is 0 Å². The van der Waals surface area contributed by atoms with E-state index in [1.165, 1.54) is 0 Å². The molecule has 0 spiro atoms. The average molecular weight is 282 g/mol. The number of hydrogen-bond donors (Lipinski definition) is 2. The number of non-ortho nitro benzene ring substituents is 1. The predicted octanol–water partition coefficient (Wildman–Crippen LogP) is 2.29. The van der Waals surface area contributed by atoms with Gasteiger partial charge in [0.1, 0.15) is 5.75 Å². The van der Waals surface area contributed by atoms with Crippen molar-refractivity contribution in [1.82, 2.24) is 0 Å². The third-order valence-corrected chi connectivity index (χ3v) is 2.53. The molecule has 2 rings (SSSR count). The van der Waals surface area contributed by atoms with Crippen LogP contribution in [-0.2, 0) is 4.79 Å². The van der Waals surface area contributed by atoms with Gasteiger partial charge in [0.15, 0.2) is 0 Å². The Kier molecular flexibility index (Phi) is 4.17. The van der Waals surface area contributed by atoms with Crippen molar-refractivity contribution in [2.75, 3.05) is 5.32 Å². The summed E-state index contributed by atoms with van der Waals surface area (Å²) in [7, 11) is 0. The van der Waals surface area contributed by atoms with Gasteiger partial charge in [-0.2, -0.15) is 0 Å². The second-order valence-corrected chi connectivity index (χ2v) is 4.03. The second kappa shape index (κ2) is 6.21. The minimum Gasteiger partial charge on any atom is -0.506 e. The van der Waals surface area contributed by atoms with Crippen molar-refractivity contribution in [2.45, 2.75) is 0 Å². The molecule has 0 unspecified atom stereocenters. The molecule has 0 bridgehead atoms. The number of nitro groups is 1. The van der Waals surface area contributed by atoms with E-state index in [-0.39, 0.29) is 17.1 Å². The normalized spacial score (nSPS) is 9.33. The van der Waals surface area contributed by atoms with Gasteiger partial charge >= 0.3 is 5.91 Å². The molecule has 0 aromatic heterocycles. The number of carbonyl (C=O) groups is 1. The highest BCUT2D eigenvalue weighted by atomic mass is 16.6.